The van der Waals surface area contributed by atoms with Crippen molar-refractivity contribution in [3.05, 3.63) is 118 Å². The van der Waals surface area contributed by atoms with Crippen LogP contribution in [0, 0.1) is 6.92 Å². The normalized spacial score (nSPS) is 10.8. The fraction of sp³-hybridized carbons (Fsp3) is 0.154. The zero-order valence-electron chi connectivity index (χ0n) is 17.0. The smallest absolute Gasteiger partial charge is 0.254 e. The van der Waals surface area contributed by atoms with E-state index in [2.05, 4.69) is 17.1 Å². The second-order valence-corrected chi connectivity index (χ2v) is 7.49. The number of rotatable bonds is 6. The second kappa shape index (κ2) is 8.78. The summed E-state index contributed by atoms with van der Waals surface area (Å²) in [6.07, 6.45) is 0.726. The van der Waals surface area contributed by atoms with Crippen LogP contribution < -0.4 is 5.56 Å². The van der Waals surface area contributed by atoms with Gasteiger partial charge in [-0.25, -0.2) is 0 Å². The summed E-state index contributed by atoms with van der Waals surface area (Å²) in [5.41, 5.74) is 4.09. The number of fused-ring (bicyclic) bond motifs is 1. The molecule has 4 nitrogen and oxygen atoms in total. The predicted octanol–water partition coefficient (Wildman–Crippen LogP) is 4.72. The SMILES string of the molecule is Cc1cccc2cc(CN(CCc3ccccc3)C(=O)c3ccccc3)c(=O)[nH]c12. The van der Waals surface area contributed by atoms with Gasteiger partial charge >= 0.3 is 0 Å². The molecule has 0 aliphatic rings. The number of H-pyrrole nitrogens is 1. The molecule has 0 unspecified atom stereocenters. The summed E-state index contributed by atoms with van der Waals surface area (Å²) in [5, 5.41) is 0.972. The molecule has 4 heteroatoms. The Bertz CT molecular complexity index is 1210. The minimum Gasteiger partial charge on any atom is -0.334 e. The van der Waals surface area contributed by atoms with Gasteiger partial charge in [-0.1, -0.05) is 66.7 Å². The van der Waals surface area contributed by atoms with Crippen molar-refractivity contribution in [3.8, 4) is 0 Å². The van der Waals surface area contributed by atoms with Gasteiger partial charge in [-0.05, 0) is 48.1 Å². The minimum atomic E-state index is -0.151. The van der Waals surface area contributed by atoms with Crippen molar-refractivity contribution < 1.29 is 4.79 Å². The van der Waals surface area contributed by atoms with Gasteiger partial charge in [0.05, 0.1) is 12.1 Å². The third-order valence-electron chi connectivity index (χ3n) is 5.35. The highest BCUT2D eigenvalue weighted by atomic mass is 16.2. The van der Waals surface area contributed by atoms with Gasteiger partial charge < -0.3 is 9.88 Å². The van der Waals surface area contributed by atoms with E-state index < -0.39 is 0 Å². The lowest BCUT2D eigenvalue weighted by molar-refractivity contribution is 0.0744. The number of hydrogen-bond donors (Lipinski definition) is 1. The number of pyridine rings is 1. The zero-order chi connectivity index (χ0) is 20.9. The number of aryl methyl sites for hydroxylation is 1. The monoisotopic (exact) mass is 396 g/mol. The van der Waals surface area contributed by atoms with Gasteiger partial charge in [0.1, 0.15) is 0 Å². The molecule has 30 heavy (non-hydrogen) atoms. The van der Waals surface area contributed by atoms with Crippen LogP contribution in [0.2, 0.25) is 0 Å². The number of nitrogens with zero attached hydrogens (tertiary/aromatic N) is 1. The lowest BCUT2D eigenvalue weighted by Crippen LogP contribution is -2.34. The van der Waals surface area contributed by atoms with Gasteiger partial charge in [0, 0.05) is 17.7 Å². The van der Waals surface area contributed by atoms with Crippen molar-refractivity contribution in [2.45, 2.75) is 19.9 Å². The Labute approximate surface area is 175 Å². The Hall–Kier alpha value is -3.66. The fourth-order valence-corrected chi connectivity index (χ4v) is 3.68. The molecule has 0 saturated heterocycles. The highest BCUT2D eigenvalue weighted by molar-refractivity contribution is 5.94. The maximum Gasteiger partial charge on any atom is 0.254 e. The number of hydrogen-bond acceptors (Lipinski definition) is 2. The Morgan fingerprint density at radius 3 is 2.33 bits per heavy atom. The third-order valence-corrected chi connectivity index (χ3v) is 5.35. The first-order chi connectivity index (χ1) is 14.6. The number of aromatic amines is 1. The molecule has 0 saturated carbocycles. The average molecular weight is 396 g/mol. The van der Waals surface area contributed by atoms with E-state index in [0.29, 0.717) is 17.7 Å². The van der Waals surface area contributed by atoms with E-state index >= 15 is 0 Å². The van der Waals surface area contributed by atoms with Crippen LogP contribution in [0.25, 0.3) is 10.9 Å². The minimum absolute atomic E-state index is 0.0738. The summed E-state index contributed by atoms with van der Waals surface area (Å²) in [6.45, 7) is 2.77. The highest BCUT2D eigenvalue weighted by Gasteiger charge is 2.18. The summed E-state index contributed by atoms with van der Waals surface area (Å²) >= 11 is 0. The van der Waals surface area contributed by atoms with E-state index in [9.17, 15) is 9.59 Å². The topological polar surface area (TPSA) is 53.2 Å². The molecule has 0 fully saturated rings. The van der Waals surface area contributed by atoms with E-state index in [1.165, 1.54) is 0 Å². The molecule has 150 valence electrons. The van der Waals surface area contributed by atoms with Crippen LogP contribution in [0.4, 0.5) is 0 Å². The molecule has 0 radical (unpaired) electrons. The number of benzene rings is 3. The summed E-state index contributed by atoms with van der Waals surface area (Å²) in [4.78, 5) is 30.7. The number of carbonyl (C=O) groups is 1. The molecule has 1 N–H and O–H groups in total. The highest BCUT2D eigenvalue weighted by Crippen LogP contribution is 2.17. The number of carbonyl (C=O) groups excluding carboxylic acids is 1. The van der Waals surface area contributed by atoms with Crippen LogP contribution in [0.5, 0.6) is 0 Å². The first-order valence-electron chi connectivity index (χ1n) is 10.1. The molecule has 0 aliphatic heterocycles. The Morgan fingerprint density at radius 2 is 1.60 bits per heavy atom. The van der Waals surface area contributed by atoms with Gasteiger partial charge in [0.25, 0.3) is 11.5 Å². The maximum atomic E-state index is 13.2. The van der Waals surface area contributed by atoms with Crippen molar-refractivity contribution >= 4 is 16.8 Å². The Morgan fingerprint density at radius 1 is 0.900 bits per heavy atom. The molecule has 4 rings (SSSR count). The lowest BCUT2D eigenvalue weighted by atomic mass is 10.1. The van der Waals surface area contributed by atoms with Gasteiger partial charge in [-0.3, -0.25) is 9.59 Å². The van der Waals surface area contributed by atoms with E-state index in [-0.39, 0.29) is 18.0 Å². The van der Waals surface area contributed by atoms with Crippen molar-refractivity contribution in [1.82, 2.24) is 9.88 Å². The number of amides is 1. The van der Waals surface area contributed by atoms with E-state index in [1.807, 2.05) is 79.7 Å². The summed E-state index contributed by atoms with van der Waals surface area (Å²) in [5.74, 6) is -0.0738. The lowest BCUT2D eigenvalue weighted by Gasteiger charge is -2.23. The van der Waals surface area contributed by atoms with Gasteiger partial charge in [-0.15, -0.1) is 0 Å². The molecule has 4 aromatic rings. The third kappa shape index (κ3) is 4.33. The Kier molecular flexibility index (Phi) is 5.75. The molecule has 1 aromatic heterocycles. The molecular formula is C26H24N2O2. The molecule has 0 spiro atoms. The summed E-state index contributed by atoms with van der Waals surface area (Å²) < 4.78 is 0. The molecule has 1 amide bonds. The van der Waals surface area contributed by atoms with Crippen LogP contribution in [0.15, 0.2) is 89.7 Å². The van der Waals surface area contributed by atoms with Gasteiger partial charge in [0.15, 0.2) is 0 Å². The quantitative estimate of drug-likeness (QED) is 0.513. The van der Waals surface area contributed by atoms with E-state index in [4.69, 9.17) is 0 Å². The van der Waals surface area contributed by atoms with Crippen LogP contribution >= 0.6 is 0 Å². The molecule has 0 aliphatic carbocycles. The van der Waals surface area contributed by atoms with Crippen molar-refractivity contribution in [2.24, 2.45) is 0 Å². The average Bonchev–Trinajstić information content (AvgIpc) is 2.78. The molecule has 1 heterocycles. The summed E-state index contributed by atoms with van der Waals surface area (Å²) in [6, 6.07) is 27.1. The molecule has 0 atom stereocenters. The largest absolute Gasteiger partial charge is 0.334 e. The number of aromatic nitrogens is 1. The van der Waals surface area contributed by atoms with E-state index in [1.54, 1.807) is 4.90 Å². The Balaban J connectivity index is 1.65. The number of nitrogens with one attached hydrogen (secondary N) is 1. The van der Waals surface area contributed by atoms with E-state index in [0.717, 1.165) is 28.5 Å². The molecular weight excluding hydrogens is 372 g/mol. The first-order valence-corrected chi connectivity index (χ1v) is 10.1. The summed E-state index contributed by atoms with van der Waals surface area (Å²) in [7, 11) is 0. The van der Waals surface area contributed by atoms with Crippen molar-refractivity contribution in [1.29, 1.82) is 0 Å². The maximum absolute atomic E-state index is 13.2. The molecule has 0 bridgehead atoms. The van der Waals surface area contributed by atoms with Crippen LogP contribution in [-0.4, -0.2) is 22.3 Å². The first kappa shape index (κ1) is 19.6. The van der Waals surface area contributed by atoms with Gasteiger partial charge in [-0.2, -0.15) is 0 Å². The van der Waals surface area contributed by atoms with Gasteiger partial charge in [0.2, 0.25) is 0 Å². The zero-order valence-corrected chi connectivity index (χ0v) is 17.0. The van der Waals surface area contributed by atoms with Crippen molar-refractivity contribution in [2.75, 3.05) is 6.54 Å². The van der Waals surface area contributed by atoms with Crippen LogP contribution in [-0.2, 0) is 13.0 Å². The fourth-order valence-electron chi connectivity index (χ4n) is 3.68. The van der Waals surface area contributed by atoms with Crippen LogP contribution in [0.1, 0.15) is 27.0 Å². The second-order valence-electron chi connectivity index (χ2n) is 7.49. The number of para-hydroxylation sites is 1. The van der Waals surface area contributed by atoms with Crippen molar-refractivity contribution in [3.63, 3.8) is 0 Å². The van der Waals surface area contributed by atoms with Crippen LogP contribution in [0.3, 0.4) is 0 Å². The molecule has 3 aromatic carbocycles. The standard InChI is InChI=1S/C26H24N2O2/c1-19-9-8-14-22-17-23(25(29)27-24(19)22)18-28(16-15-20-10-4-2-5-11-20)26(30)21-12-6-3-7-13-21/h2-14,17H,15-16,18H2,1H3,(H,27,29). The predicted molar refractivity (Wildman–Crippen MR) is 121 cm³/mol.